The van der Waals surface area contributed by atoms with Crippen LogP contribution in [0.3, 0.4) is 0 Å². The van der Waals surface area contributed by atoms with Crippen LogP contribution in [0.5, 0.6) is 5.75 Å². The highest BCUT2D eigenvalue weighted by Gasteiger charge is 1.99. The van der Waals surface area contributed by atoms with E-state index in [1.54, 1.807) is 18.2 Å². The van der Waals surface area contributed by atoms with Gasteiger partial charge in [-0.25, -0.2) is 4.39 Å². The number of hydrogen-bond acceptors (Lipinski definition) is 1. The van der Waals surface area contributed by atoms with E-state index in [-0.39, 0.29) is 5.82 Å². The molecule has 15 heavy (non-hydrogen) atoms. The van der Waals surface area contributed by atoms with Crippen LogP contribution in [0.4, 0.5) is 4.39 Å². The Morgan fingerprint density at radius 2 is 2.00 bits per heavy atom. The molecule has 1 rings (SSSR count). The van der Waals surface area contributed by atoms with Crippen molar-refractivity contribution in [2.24, 2.45) is 0 Å². The van der Waals surface area contributed by atoms with Crippen LogP contribution in [0.15, 0.2) is 36.9 Å². The molecular weight excluding hydrogens is 191 g/mol. The maximum Gasteiger partial charge on any atom is 0.165 e. The highest BCUT2D eigenvalue weighted by molar-refractivity contribution is 5.23. The van der Waals surface area contributed by atoms with Crippen LogP contribution in [-0.4, -0.2) is 6.61 Å². The van der Waals surface area contributed by atoms with Crippen LogP contribution >= 0.6 is 0 Å². The number of allylic oxidation sites excluding steroid dienone is 1. The Kier molecular flexibility index (Phi) is 5.52. The summed E-state index contributed by atoms with van der Waals surface area (Å²) < 4.78 is 18.4. The predicted molar refractivity (Wildman–Crippen MR) is 60.6 cm³/mol. The van der Waals surface area contributed by atoms with Gasteiger partial charge < -0.3 is 4.74 Å². The molecule has 0 aliphatic heterocycles. The maximum atomic E-state index is 13.1. The van der Waals surface area contributed by atoms with Gasteiger partial charge in [0, 0.05) is 0 Å². The van der Waals surface area contributed by atoms with Crippen molar-refractivity contribution in [3.8, 4) is 5.75 Å². The summed E-state index contributed by atoms with van der Waals surface area (Å²) >= 11 is 0. The van der Waals surface area contributed by atoms with E-state index in [1.165, 1.54) is 6.07 Å². The van der Waals surface area contributed by atoms with Gasteiger partial charge in [0.05, 0.1) is 6.61 Å². The van der Waals surface area contributed by atoms with Crippen molar-refractivity contribution < 1.29 is 9.13 Å². The third kappa shape index (κ3) is 4.63. The predicted octanol–water partition coefficient (Wildman–Crippen LogP) is 3.95. The topological polar surface area (TPSA) is 9.23 Å². The van der Waals surface area contributed by atoms with Gasteiger partial charge in [-0.15, -0.1) is 6.58 Å². The number of ether oxygens (including phenoxy) is 1. The first-order chi connectivity index (χ1) is 7.34. The third-order valence-electron chi connectivity index (χ3n) is 2.15. The summed E-state index contributed by atoms with van der Waals surface area (Å²) in [5, 5.41) is 0. The second-order valence-electron chi connectivity index (χ2n) is 3.42. The summed E-state index contributed by atoms with van der Waals surface area (Å²) in [4.78, 5) is 0. The number of para-hydroxylation sites is 1. The van der Waals surface area contributed by atoms with Crippen LogP contribution in [0.2, 0.25) is 0 Å². The second-order valence-corrected chi connectivity index (χ2v) is 3.42. The Balaban J connectivity index is 2.15. The number of hydrogen-bond donors (Lipinski definition) is 0. The molecule has 1 nitrogen and oxygen atoms in total. The standard InChI is InChI=1S/C13H17FO/c1-2-3-4-5-8-11-15-13-10-7-6-9-12(13)14/h2,6-7,9-10H,1,3-5,8,11H2. The molecule has 2 heteroatoms. The highest BCUT2D eigenvalue weighted by atomic mass is 19.1. The Hall–Kier alpha value is -1.31. The van der Waals surface area contributed by atoms with Crippen LogP contribution in [-0.2, 0) is 0 Å². The third-order valence-corrected chi connectivity index (χ3v) is 2.15. The fourth-order valence-corrected chi connectivity index (χ4v) is 1.31. The van der Waals surface area contributed by atoms with Gasteiger partial charge in [0.2, 0.25) is 0 Å². The molecule has 0 atom stereocenters. The molecule has 0 fully saturated rings. The summed E-state index contributed by atoms with van der Waals surface area (Å²) in [7, 11) is 0. The molecular formula is C13H17FO. The van der Waals surface area contributed by atoms with Gasteiger partial charge >= 0.3 is 0 Å². The van der Waals surface area contributed by atoms with Gasteiger partial charge in [0.25, 0.3) is 0 Å². The molecule has 82 valence electrons. The zero-order chi connectivity index (χ0) is 10.9. The minimum Gasteiger partial charge on any atom is -0.491 e. The van der Waals surface area contributed by atoms with Crippen LogP contribution in [0.25, 0.3) is 0 Å². The van der Waals surface area contributed by atoms with Crippen molar-refractivity contribution >= 4 is 0 Å². The lowest BCUT2D eigenvalue weighted by Crippen LogP contribution is -1.98. The first-order valence-electron chi connectivity index (χ1n) is 5.33. The van der Waals surface area contributed by atoms with Crippen molar-refractivity contribution in [3.05, 3.63) is 42.7 Å². The quantitative estimate of drug-likeness (QED) is 0.487. The minimum absolute atomic E-state index is 0.288. The second kappa shape index (κ2) is 7.04. The molecule has 0 unspecified atom stereocenters. The molecule has 1 aromatic carbocycles. The van der Waals surface area contributed by atoms with Crippen molar-refractivity contribution in [1.82, 2.24) is 0 Å². The monoisotopic (exact) mass is 208 g/mol. The first kappa shape index (κ1) is 11.8. The van der Waals surface area contributed by atoms with Gasteiger partial charge in [-0.05, 0) is 37.8 Å². The fraction of sp³-hybridized carbons (Fsp3) is 0.385. The van der Waals surface area contributed by atoms with Gasteiger partial charge in [0.1, 0.15) is 0 Å². The Bertz CT molecular complexity index is 296. The van der Waals surface area contributed by atoms with Crippen LogP contribution in [0, 0.1) is 5.82 Å². The Morgan fingerprint density at radius 1 is 1.20 bits per heavy atom. The van der Waals surface area contributed by atoms with E-state index in [2.05, 4.69) is 6.58 Å². The molecule has 0 N–H and O–H groups in total. The minimum atomic E-state index is -0.288. The van der Waals surface area contributed by atoms with E-state index in [0.717, 1.165) is 25.7 Å². The van der Waals surface area contributed by atoms with Gasteiger partial charge in [-0.3, -0.25) is 0 Å². The van der Waals surface area contributed by atoms with E-state index >= 15 is 0 Å². The Morgan fingerprint density at radius 3 is 2.73 bits per heavy atom. The summed E-state index contributed by atoms with van der Waals surface area (Å²) in [5.41, 5.74) is 0. The van der Waals surface area contributed by atoms with E-state index in [1.807, 2.05) is 6.08 Å². The molecule has 0 saturated carbocycles. The van der Waals surface area contributed by atoms with Crippen molar-refractivity contribution in [1.29, 1.82) is 0 Å². The number of halogens is 1. The molecule has 0 bridgehead atoms. The number of rotatable bonds is 7. The van der Waals surface area contributed by atoms with Crippen molar-refractivity contribution in [2.45, 2.75) is 25.7 Å². The molecule has 0 amide bonds. The largest absolute Gasteiger partial charge is 0.491 e. The average molecular weight is 208 g/mol. The highest BCUT2D eigenvalue weighted by Crippen LogP contribution is 2.15. The molecule has 0 spiro atoms. The van der Waals surface area contributed by atoms with Gasteiger partial charge in [0.15, 0.2) is 11.6 Å². The van der Waals surface area contributed by atoms with E-state index in [0.29, 0.717) is 12.4 Å². The van der Waals surface area contributed by atoms with E-state index in [9.17, 15) is 4.39 Å². The molecule has 0 saturated heterocycles. The Labute approximate surface area is 90.6 Å². The first-order valence-corrected chi connectivity index (χ1v) is 5.33. The SMILES string of the molecule is C=CCCCCCOc1ccccc1F. The smallest absolute Gasteiger partial charge is 0.165 e. The molecule has 0 aliphatic carbocycles. The number of benzene rings is 1. The summed E-state index contributed by atoms with van der Waals surface area (Å²) in [6.07, 6.45) is 6.14. The molecule has 0 aliphatic rings. The van der Waals surface area contributed by atoms with Crippen molar-refractivity contribution in [2.75, 3.05) is 6.61 Å². The zero-order valence-corrected chi connectivity index (χ0v) is 8.92. The molecule has 0 radical (unpaired) electrons. The molecule has 0 aromatic heterocycles. The zero-order valence-electron chi connectivity index (χ0n) is 8.92. The average Bonchev–Trinajstić information content (AvgIpc) is 2.25. The normalized spacial score (nSPS) is 9.93. The van der Waals surface area contributed by atoms with Crippen molar-refractivity contribution in [3.63, 3.8) is 0 Å². The molecule has 1 aromatic rings. The lowest BCUT2D eigenvalue weighted by Gasteiger charge is -2.06. The van der Waals surface area contributed by atoms with Gasteiger partial charge in [-0.1, -0.05) is 18.2 Å². The lowest BCUT2D eigenvalue weighted by molar-refractivity contribution is 0.291. The van der Waals surface area contributed by atoms with Crippen LogP contribution in [0.1, 0.15) is 25.7 Å². The van der Waals surface area contributed by atoms with E-state index < -0.39 is 0 Å². The summed E-state index contributed by atoms with van der Waals surface area (Å²) in [6, 6.07) is 6.49. The van der Waals surface area contributed by atoms with E-state index in [4.69, 9.17) is 4.74 Å². The fourth-order valence-electron chi connectivity index (χ4n) is 1.31. The van der Waals surface area contributed by atoms with Crippen LogP contribution < -0.4 is 4.74 Å². The lowest BCUT2D eigenvalue weighted by atomic mass is 10.2. The summed E-state index contributed by atoms with van der Waals surface area (Å²) in [6.45, 7) is 4.24. The number of unbranched alkanes of at least 4 members (excludes halogenated alkanes) is 3. The summed E-state index contributed by atoms with van der Waals surface area (Å²) in [5.74, 6) is 0.0600. The maximum absolute atomic E-state index is 13.1. The molecule has 0 heterocycles. The van der Waals surface area contributed by atoms with Gasteiger partial charge in [-0.2, -0.15) is 0 Å².